The molecule has 0 saturated heterocycles. The molecule has 4 aromatic heterocycles. The van der Waals surface area contributed by atoms with Gasteiger partial charge < -0.3 is 5.32 Å². The largest absolute Gasteiger partial charge is 0.434 e. The Kier molecular flexibility index (Phi) is 5.27. The van der Waals surface area contributed by atoms with Gasteiger partial charge in [0.2, 0.25) is 0 Å². The van der Waals surface area contributed by atoms with Gasteiger partial charge in [0.05, 0.1) is 41.7 Å². The second-order valence-electron chi connectivity index (χ2n) is 7.78. The number of fused-ring (bicyclic) bond motifs is 1. The molecule has 0 unspecified atom stereocenters. The van der Waals surface area contributed by atoms with E-state index >= 15 is 0 Å². The average molecular weight is 478 g/mol. The predicted molar refractivity (Wildman–Crippen MR) is 120 cm³/mol. The lowest BCUT2D eigenvalue weighted by molar-refractivity contribution is -0.143. The number of benzene rings is 1. The molecule has 12 heteroatoms. The number of carbonyl (C=O) groups excluding carboxylic acids is 1. The van der Waals surface area contributed by atoms with Crippen LogP contribution in [0.3, 0.4) is 0 Å². The number of nitrogens with zero attached hydrogens (tertiary/aromatic N) is 7. The zero-order valence-corrected chi connectivity index (χ0v) is 18.4. The van der Waals surface area contributed by atoms with Crippen LogP contribution in [0.15, 0.2) is 61.4 Å². The van der Waals surface area contributed by atoms with Gasteiger partial charge in [0.25, 0.3) is 5.91 Å². The molecule has 0 spiro atoms. The third kappa shape index (κ3) is 3.98. The molecule has 176 valence electrons. The fourth-order valence-electron chi connectivity index (χ4n) is 3.85. The van der Waals surface area contributed by atoms with E-state index in [9.17, 15) is 18.0 Å². The van der Waals surface area contributed by atoms with E-state index in [1.54, 1.807) is 31.3 Å². The highest BCUT2D eigenvalue weighted by Crippen LogP contribution is 2.35. The van der Waals surface area contributed by atoms with E-state index in [1.807, 2.05) is 6.92 Å². The number of aryl methyl sites for hydroxylation is 2. The number of pyridine rings is 2. The van der Waals surface area contributed by atoms with E-state index in [0.717, 1.165) is 21.8 Å². The fraction of sp³-hybridized carbons (Fsp3) is 0.130. The maximum Gasteiger partial charge on any atom is 0.434 e. The van der Waals surface area contributed by atoms with Crippen molar-refractivity contribution < 1.29 is 18.0 Å². The maximum atomic E-state index is 14.2. The Morgan fingerprint density at radius 2 is 1.71 bits per heavy atom. The summed E-state index contributed by atoms with van der Waals surface area (Å²) in [5.74, 6) is -0.541. The summed E-state index contributed by atoms with van der Waals surface area (Å²) in [5.41, 5.74) is -0.00594. The summed E-state index contributed by atoms with van der Waals surface area (Å²) in [6, 6.07) is 6.50. The molecule has 1 N–H and O–H groups in total. The van der Waals surface area contributed by atoms with E-state index < -0.39 is 23.3 Å². The first-order valence-corrected chi connectivity index (χ1v) is 10.4. The third-order valence-electron chi connectivity index (χ3n) is 5.41. The Bertz CT molecular complexity index is 1560. The van der Waals surface area contributed by atoms with E-state index in [-0.39, 0.29) is 11.4 Å². The number of alkyl halides is 3. The van der Waals surface area contributed by atoms with Gasteiger partial charge >= 0.3 is 6.18 Å². The summed E-state index contributed by atoms with van der Waals surface area (Å²) in [6.07, 6.45) is 3.45. The van der Waals surface area contributed by atoms with Crippen LogP contribution in [-0.2, 0) is 6.18 Å². The standard InChI is InChI=1S/C23H17F3N8O/c1-13-8-15(10-28-21(13)34-29-6-7-30-34)32-22(35)18-12-31-33(20(18)23(24,25)26)19-5-3-4-16-14(2)9-27-11-17(16)19/h3-12H,1-2H3,(H,32,35). The van der Waals surface area contributed by atoms with Crippen LogP contribution < -0.4 is 5.32 Å². The van der Waals surface area contributed by atoms with E-state index in [4.69, 9.17) is 0 Å². The number of carbonyl (C=O) groups is 1. The summed E-state index contributed by atoms with van der Waals surface area (Å²) >= 11 is 0. The van der Waals surface area contributed by atoms with E-state index in [2.05, 4.69) is 30.6 Å². The lowest BCUT2D eigenvalue weighted by Crippen LogP contribution is -2.21. The zero-order chi connectivity index (χ0) is 24.7. The lowest BCUT2D eigenvalue weighted by atomic mass is 10.1. The van der Waals surface area contributed by atoms with Crippen molar-refractivity contribution in [2.24, 2.45) is 0 Å². The lowest BCUT2D eigenvalue weighted by Gasteiger charge is -2.15. The SMILES string of the molecule is Cc1cc(NC(=O)c2cnn(-c3cccc4c(C)cncc34)c2C(F)(F)F)cnc1-n1nccn1. The Hall–Kier alpha value is -4.61. The number of aromatic nitrogens is 7. The van der Waals surface area contributed by atoms with Gasteiger partial charge in [0, 0.05) is 17.8 Å². The smallest absolute Gasteiger partial charge is 0.320 e. The molecule has 4 heterocycles. The number of halogens is 3. The number of hydrogen-bond acceptors (Lipinski definition) is 6. The molecule has 0 bridgehead atoms. The molecule has 0 atom stereocenters. The minimum Gasteiger partial charge on any atom is -0.320 e. The van der Waals surface area contributed by atoms with Crippen LogP contribution >= 0.6 is 0 Å². The fourth-order valence-corrected chi connectivity index (χ4v) is 3.85. The topological polar surface area (TPSA) is 103 Å². The quantitative estimate of drug-likeness (QED) is 0.414. The van der Waals surface area contributed by atoms with Crippen LogP contribution in [0, 0.1) is 13.8 Å². The second kappa shape index (κ2) is 8.31. The van der Waals surface area contributed by atoms with Crippen molar-refractivity contribution in [1.82, 2.24) is 34.7 Å². The van der Waals surface area contributed by atoms with Crippen LogP contribution in [0.2, 0.25) is 0 Å². The maximum absolute atomic E-state index is 14.2. The normalized spacial score (nSPS) is 11.7. The molecule has 0 aliphatic carbocycles. The summed E-state index contributed by atoms with van der Waals surface area (Å²) in [4.78, 5) is 22.5. The second-order valence-corrected chi connectivity index (χ2v) is 7.78. The van der Waals surface area contributed by atoms with Gasteiger partial charge in [-0.1, -0.05) is 12.1 Å². The summed E-state index contributed by atoms with van der Waals surface area (Å²) in [7, 11) is 0. The van der Waals surface area contributed by atoms with Crippen LogP contribution in [0.25, 0.3) is 22.3 Å². The van der Waals surface area contributed by atoms with Crippen molar-refractivity contribution in [1.29, 1.82) is 0 Å². The molecule has 0 radical (unpaired) electrons. The first kappa shape index (κ1) is 22.2. The summed E-state index contributed by atoms with van der Waals surface area (Å²) in [6.45, 7) is 3.53. The first-order valence-electron chi connectivity index (χ1n) is 10.4. The minimum absolute atomic E-state index is 0.165. The Morgan fingerprint density at radius 3 is 2.43 bits per heavy atom. The number of amides is 1. The molecular weight excluding hydrogens is 461 g/mol. The average Bonchev–Trinajstić information content (AvgIpc) is 3.49. The molecule has 9 nitrogen and oxygen atoms in total. The van der Waals surface area contributed by atoms with Gasteiger partial charge in [-0.3, -0.25) is 9.78 Å². The zero-order valence-electron chi connectivity index (χ0n) is 18.4. The number of nitrogens with one attached hydrogen (secondary N) is 1. The van der Waals surface area contributed by atoms with Crippen LogP contribution in [0.1, 0.15) is 27.2 Å². The van der Waals surface area contributed by atoms with Gasteiger partial charge in [0.15, 0.2) is 11.5 Å². The highest BCUT2D eigenvalue weighted by atomic mass is 19.4. The molecular formula is C23H17F3N8O. The van der Waals surface area contributed by atoms with Crippen molar-refractivity contribution >= 4 is 22.4 Å². The monoisotopic (exact) mass is 478 g/mol. The number of hydrogen-bond donors (Lipinski definition) is 1. The number of anilines is 1. The van der Waals surface area contributed by atoms with Crippen LogP contribution in [0.5, 0.6) is 0 Å². The van der Waals surface area contributed by atoms with Crippen molar-refractivity contribution in [3.05, 3.63) is 83.8 Å². The van der Waals surface area contributed by atoms with Crippen molar-refractivity contribution in [3.8, 4) is 11.5 Å². The van der Waals surface area contributed by atoms with Crippen molar-refractivity contribution in [2.75, 3.05) is 5.32 Å². The van der Waals surface area contributed by atoms with Gasteiger partial charge in [-0.05, 0) is 42.5 Å². The minimum atomic E-state index is -4.85. The highest BCUT2D eigenvalue weighted by molar-refractivity contribution is 6.05. The van der Waals surface area contributed by atoms with Gasteiger partial charge in [-0.25, -0.2) is 9.67 Å². The Morgan fingerprint density at radius 1 is 0.943 bits per heavy atom. The van der Waals surface area contributed by atoms with Gasteiger partial charge in [-0.15, -0.1) is 4.80 Å². The Labute approximate surface area is 196 Å². The van der Waals surface area contributed by atoms with E-state index in [0.29, 0.717) is 16.8 Å². The van der Waals surface area contributed by atoms with Crippen molar-refractivity contribution in [2.45, 2.75) is 20.0 Å². The molecule has 0 fully saturated rings. The van der Waals surface area contributed by atoms with Crippen LogP contribution in [-0.4, -0.2) is 40.6 Å². The molecule has 0 saturated carbocycles. The molecule has 1 aromatic carbocycles. The van der Waals surface area contributed by atoms with Crippen molar-refractivity contribution in [3.63, 3.8) is 0 Å². The molecule has 1 amide bonds. The Balaban J connectivity index is 1.54. The van der Waals surface area contributed by atoms with E-state index in [1.165, 1.54) is 35.7 Å². The molecule has 0 aliphatic rings. The predicted octanol–water partition coefficient (Wildman–Crippen LogP) is 4.28. The van der Waals surface area contributed by atoms with Crippen LogP contribution in [0.4, 0.5) is 18.9 Å². The third-order valence-corrected chi connectivity index (χ3v) is 5.41. The summed E-state index contributed by atoms with van der Waals surface area (Å²) < 4.78 is 43.3. The number of rotatable bonds is 4. The summed E-state index contributed by atoms with van der Waals surface area (Å²) in [5, 5.41) is 15.6. The van der Waals surface area contributed by atoms with Gasteiger partial charge in [-0.2, -0.15) is 28.5 Å². The highest BCUT2D eigenvalue weighted by Gasteiger charge is 2.41. The molecule has 35 heavy (non-hydrogen) atoms. The van der Waals surface area contributed by atoms with Gasteiger partial charge in [0.1, 0.15) is 0 Å². The first-order chi connectivity index (χ1) is 16.7. The molecule has 5 rings (SSSR count). The molecule has 5 aromatic rings. The molecule has 0 aliphatic heterocycles.